The molecule has 1 aliphatic rings. The molecule has 3 heterocycles. The lowest BCUT2D eigenvalue weighted by molar-refractivity contribution is 0.247. The molecule has 29 heavy (non-hydrogen) atoms. The van der Waals surface area contributed by atoms with Crippen LogP contribution in [0.15, 0.2) is 46.2 Å². The maximum atomic E-state index is 13.1. The predicted octanol–water partition coefficient (Wildman–Crippen LogP) is 2.79. The Kier molecular flexibility index (Phi) is 5.42. The van der Waals surface area contributed by atoms with E-state index in [4.69, 9.17) is 4.52 Å². The fraction of sp³-hybridized carbons (Fsp3) is 0.400. The maximum absolute atomic E-state index is 13.1. The Morgan fingerprint density at radius 1 is 1.21 bits per heavy atom. The average molecular weight is 414 g/mol. The van der Waals surface area contributed by atoms with Crippen molar-refractivity contribution in [3.63, 3.8) is 0 Å². The van der Waals surface area contributed by atoms with E-state index in [2.05, 4.69) is 20.1 Å². The van der Waals surface area contributed by atoms with E-state index in [-0.39, 0.29) is 5.92 Å². The summed E-state index contributed by atoms with van der Waals surface area (Å²) in [6.07, 6.45) is 6.99. The van der Waals surface area contributed by atoms with Crippen molar-refractivity contribution < 1.29 is 12.9 Å². The second kappa shape index (κ2) is 8.00. The summed E-state index contributed by atoms with van der Waals surface area (Å²) in [5.41, 5.74) is 2.60. The summed E-state index contributed by atoms with van der Waals surface area (Å²) in [5.74, 6) is 1.00. The topological polar surface area (TPSA) is 102 Å². The van der Waals surface area contributed by atoms with Gasteiger partial charge in [-0.25, -0.2) is 13.4 Å². The standard InChI is InChI=1S/C20H23N5O3S/c1-14-5-6-17(10-15(14)2)29(26,27)25-9-3-4-16(13-25)11-19-23-20(24-28-19)18-12-21-7-8-22-18/h5-8,10,12,16H,3-4,9,11,13H2,1-2H3. The van der Waals surface area contributed by atoms with Crippen LogP contribution in [0.2, 0.25) is 0 Å². The summed E-state index contributed by atoms with van der Waals surface area (Å²) in [6.45, 7) is 4.87. The van der Waals surface area contributed by atoms with Crippen LogP contribution in [0.4, 0.5) is 0 Å². The lowest BCUT2D eigenvalue weighted by Crippen LogP contribution is -2.40. The van der Waals surface area contributed by atoms with E-state index in [1.54, 1.807) is 35.0 Å². The molecule has 4 rings (SSSR count). The molecular formula is C20H23N5O3S. The minimum absolute atomic E-state index is 0.125. The Hall–Kier alpha value is -2.65. The average Bonchev–Trinajstić information content (AvgIpc) is 3.19. The molecule has 9 heteroatoms. The summed E-state index contributed by atoms with van der Waals surface area (Å²) in [7, 11) is -3.52. The third-order valence-corrected chi connectivity index (χ3v) is 7.18. The highest BCUT2D eigenvalue weighted by atomic mass is 32.2. The molecule has 0 amide bonds. The molecule has 1 atom stereocenters. The highest BCUT2D eigenvalue weighted by molar-refractivity contribution is 7.89. The van der Waals surface area contributed by atoms with Gasteiger partial charge in [0.25, 0.3) is 0 Å². The smallest absolute Gasteiger partial charge is 0.243 e. The van der Waals surface area contributed by atoms with Crippen molar-refractivity contribution in [2.24, 2.45) is 5.92 Å². The fourth-order valence-electron chi connectivity index (χ4n) is 3.54. The van der Waals surface area contributed by atoms with Crippen molar-refractivity contribution in [1.29, 1.82) is 0 Å². The largest absolute Gasteiger partial charge is 0.339 e. The van der Waals surface area contributed by atoms with Gasteiger partial charge in [0.05, 0.1) is 11.1 Å². The zero-order valence-corrected chi connectivity index (χ0v) is 17.3. The van der Waals surface area contributed by atoms with Crippen LogP contribution in [-0.2, 0) is 16.4 Å². The minimum Gasteiger partial charge on any atom is -0.339 e. The van der Waals surface area contributed by atoms with Gasteiger partial charge >= 0.3 is 0 Å². The van der Waals surface area contributed by atoms with Gasteiger partial charge in [0.1, 0.15) is 5.69 Å². The fourth-order valence-corrected chi connectivity index (χ4v) is 5.18. The maximum Gasteiger partial charge on any atom is 0.243 e. The van der Waals surface area contributed by atoms with Crippen LogP contribution in [0.5, 0.6) is 0 Å². The van der Waals surface area contributed by atoms with Gasteiger partial charge in [0, 0.05) is 31.9 Å². The molecule has 0 N–H and O–H groups in total. The second-order valence-corrected chi connectivity index (χ2v) is 9.36. The monoisotopic (exact) mass is 413 g/mol. The summed E-state index contributed by atoms with van der Waals surface area (Å²) < 4.78 is 33.1. The first-order valence-corrected chi connectivity index (χ1v) is 11.0. The molecule has 0 radical (unpaired) electrons. The van der Waals surface area contributed by atoms with E-state index in [1.165, 1.54) is 0 Å². The summed E-state index contributed by atoms with van der Waals surface area (Å²) >= 11 is 0. The molecule has 1 aliphatic heterocycles. The molecule has 1 unspecified atom stereocenters. The van der Waals surface area contributed by atoms with E-state index in [0.29, 0.717) is 41.8 Å². The summed E-state index contributed by atoms with van der Waals surface area (Å²) in [6, 6.07) is 5.29. The molecule has 1 aromatic carbocycles. The first kappa shape index (κ1) is 19.7. The number of aromatic nitrogens is 4. The van der Waals surface area contributed by atoms with Crippen LogP contribution in [0.25, 0.3) is 11.5 Å². The first-order valence-electron chi connectivity index (χ1n) is 9.60. The van der Waals surface area contributed by atoms with Crippen LogP contribution >= 0.6 is 0 Å². The summed E-state index contributed by atoms with van der Waals surface area (Å²) in [5, 5.41) is 3.96. The van der Waals surface area contributed by atoms with Gasteiger partial charge in [-0.1, -0.05) is 11.2 Å². The van der Waals surface area contributed by atoms with Crippen molar-refractivity contribution in [2.75, 3.05) is 13.1 Å². The molecule has 1 fully saturated rings. The SMILES string of the molecule is Cc1ccc(S(=O)(=O)N2CCCC(Cc3nc(-c4cnccn4)no3)C2)cc1C. The third kappa shape index (κ3) is 4.20. The van der Waals surface area contributed by atoms with E-state index in [0.717, 1.165) is 24.0 Å². The number of rotatable bonds is 5. The molecule has 0 bridgehead atoms. The number of piperidine rings is 1. The number of benzene rings is 1. The highest BCUT2D eigenvalue weighted by Gasteiger charge is 2.31. The number of aryl methyl sites for hydroxylation is 2. The van der Waals surface area contributed by atoms with Crippen LogP contribution in [0, 0.1) is 19.8 Å². The van der Waals surface area contributed by atoms with Gasteiger partial charge in [-0.2, -0.15) is 9.29 Å². The minimum atomic E-state index is -3.52. The Labute approximate surface area is 170 Å². The van der Waals surface area contributed by atoms with Crippen molar-refractivity contribution in [3.05, 3.63) is 53.8 Å². The van der Waals surface area contributed by atoms with Crippen LogP contribution in [-0.4, -0.2) is 45.9 Å². The zero-order chi connectivity index (χ0) is 20.4. The first-order chi connectivity index (χ1) is 13.9. The van der Waals surface area contributed by atoms with E-state index in [9.17, 15) is 8.42 Å². The Balaban J connectivity index is 1.47. The Morgan fingerprint density at radius 2 is 2.07 bits per heavy atom. The van der Waals surface area contributed by atoms with E-state index >= 15 is 0 Å². The Bertz CT molecular complexity index is 1100. The number of sulfonamides is 1. The lowest BCUT2D eigenvalue weighted by atomic mass is 9.96. The normalized spacial score (nSPS) is 18.1. The molecule has 8 nitrogen and oxygen atoms in total. The third-order valence-electron chi connectivity index (χ3n) is 5.32. The molecule has 2 aromatic heterocycles. The molecule has 0 saturated carbocycles. The number of nitrogens with zero attached hydrogens (tertiary/aromatic N) is 5. The molecular weight excluding hydrogens is 390 g/mol. The zero-order valence-electron chi connectivity index (χ0n) is 16.4. The van der Waals surface area contributed by atoms with Crippen molar-refractivity contribution in [3.8, 4) is 11.5 Å². The van der Waals surface area contributed by atoms with E-state index < -0.39 is 10.0 Å². The van der Waals surface area contributed by atoms with Gasteiger partial charge in [0.15, 0.2) is 0 Å². The predicted molar refractivity (Wildman–Crippen MR) is 106 cm³/mol. The Morgan fingerprint density at radius 3 is 2.83 bits per heavy atom. The molecule has 1 saturated heterocycles. The van der Waals surface area contributed by atoms with Crippen LogP contribution in [0.1, 0.15) is 29.9 Å². The molecule has 0 aliphatic carbocycles. The van der Waals surface area contributed by atoms with Crippen molar-refractivity contribution >= 4 is 10.0 Å². The second-order valence-electron chi connectivity index (χ2n) is 7.42. The molecule has 152 valence electrons. The molecule has 0 spiro atoms. The van der Waals surface area contributed by atoms with Crippen molar-refractivity contribution in [1.82, 2.24) is 24.4 Å². The van der Waals surface area contributed by atoms with Gasteiger partial charge in [-0.3, -0.25) is 4.98 Å². The number of hydrogen-bond donors (Lipinski definition) is 0. The van der Waals surface area contributed by atoms with Gasteiger partial charge < -0.3 is 4.52 Å². The number of hydrogen-bond acceptors (Lipinski definition) is 7. The quantitative estimate of drug-likeness (QED) is 0.634. The lowest BCUT2D eigenvalue weighted by Gasteiger charge is -2.31. The van der Waals surface area contributed by atoms with Gasteiger partial charge in [0.2, 0.25) is 21.7 Å². The highest BCUT2D eigenvalue weighted by Crippen LogP contribution is 2.27. The molecule has 3 aromatic rings. The van der Waals surface area contributed by atoms with Gasteiger partial charge in [-0.15, -0.1) is 0 Å². The van der Waals surface area contributed by atoms with Crippen LogP contribution in [0.3, 0.4) is 0 Å². The summed E-state index contributed by atoms with van der Waals surface area (Å²) in [4.78, 5) is 12.9. The van der Waals surface area contributed by atoms with E-state index in [1.807, 2.05) is 19.9 Å². The van der Waals surface area contributed by atoms with Crippen LogP contribution < -0.4 is 0 Å². The van der Waals surface area contributed by atoms with Crippen molar-refractivity contribution in [2.45, 2.75) is 38.0 Å². The van der Waals surface area contributed by atoms with Gasteiger partial charge in [-0.05, 0) is 55.9 Å².